The van der Waals surface area contributed by atoms with Crippen molar-refractivity contribution in [3.63, 3.8) is 0 Å². The predicted molar refractivity (Wildman–Crippen MR) is 85.9 cm³/mol. The highest BCUT2D eigenvalue weighted by Gasteiger charge is 2.21. The van der Waals surface area contributed by atoms with Crippen LogP contribution in [-0.4, -0.2) is 36.5 Å². The molecular formula is C17H27N3O. The maximum absolute atomic E-state index is 12.1. The van der Waals surface area contributed by atoms with Crippen LogP contribution in [0, 0.1) is 0 Å². The Kier molecular flexibility index (Phi) is 6.21. The number of rotatable bonds is 7. The van der Waals surface area contributed by atoms with Crippen molar-refractivity contribution in [1.82, 2.24) is 15.5 Å². The van der Waals surface area contributed by atoms with Crippen LogP contribution in [0.25, 0.3) is 0 Å². The second-order valence-electron chi connectivity index (χ2n) is 5.60. The highest BCUT2D eigenvalue weighted by atomic mass is 16.2. The summed E-state index contributed by atoms with van der Waals surface area (Å²) in [5.74, 6) is 0.130. The van der Waals surface area contributed by atoms with Gasteiger partial charge >= 0.3 is 0 Å². The fourth-order valence-corrected chi connectivity index (χ4v) is 2.79. The van der Waals surface area contributed by atoms with Gasteiger partial charge in [-0.25, -0.2) is 0 Å². The molecule has 0 aromatic heterocycles. The molecule has 2 N–H and O–H groups in total. The summed E-state index contributed by atoms with van der Waals surface area (Å²) in [5, 5.41) is 6.31. The van der Waals surface area contributed by atoms with Gasteiger partial charge < -0.3 is 10.6 Å². The largest absolute Gasteiger partial charge is 0.351 e. The molecule has 0 bridgehead atoms. The lowest BCUT2D eigenvalue weighted by Gasteiger charge is -2.20. The van der Waals surface area contributed by atoms with Gasteiger partial charge in [0.1, 0.15) is 0 Å². The van der Waals surface area contributed by atoms with Crippen LogP contribution in [0.3, 0.4) is 0 Å². The minimum absolute atomic E-state index is 0.0000515. The van der Waals surface area contributed by atoms with Crippen LogP contribution in [0.15, 0.2) is 24.3 Å². The average molecular weight is 289 g/mol. The Balaban J connectivity index is 1.94. The van der Waals surface area contributed by atoms with Gasteiger partial charge in [-0.1, -0.05) is 38.1 Å². The Morgan fingerprint density at radius 1 is 1.29 bits per heavy atom. The molecular weight excluding hydrogens is 262 g/mol. The van der Waals surface area contributed by atoms with E-state index in [4.69, 9.17) is 0 Å². The molecule has 1 aliphatic heterocycles. The molecule has 1 aromatic carbocycles. The molecule has 0 radical (unpaired) electrons. The quantitative estimate of drug-likeness (QED) is 0.806. The number of nitrogens with one attached hydrogen (secondary N) is 2. The first-order chi connectivity index (χ1) is 10.2. The highest BCUT2D eigenvalue weighted by molar-refractivity contribution is 5.82. The van der Waals surface area contributed by atoms with E-state index in [0.29, 0.717) is 6.54 Å². The summed E-state index contributed by atoms with van der Waals surface area (Å²) in [6.45, 7) is 8.97. The summed E-state index contributed by atoms with van der Waals surface area (Å²) in [6, 6.07) is 8.39. The van der Waals surface area contributed by atoms with Gasteiger partial charge in [-0.2, -0.15) is 0 Å². The second kappa shape index (κ2) is 8.15. The normalized spacial score (nSPS) is 18.1. The van der Waals surface area contributed by atoms with Crippen molar-refractivity contribution >= 4 is 5.91 Å². The van der Waals surface area contributed by atoms with Gasteiger partial charge in [-0.3, -0.25) is 9.69 Å². The Labute approximate surface area is 127 Å². The highest BCUT2D eigenvalue weighted by Crippen LogP contribution is 2.12. The molecule has 1 aliphatic rings. The standard InChI is InChI=1S/C17H27N3O/c1-3-20(4-2)13-15-9-6-5-8-14(15)12-19-17(21)16-10-7-11-18-16/h5-6,8-9,16,18H,3-4,7,10-13H2,1-2H3,(H,19,21)/t16-/m0/s1. The molecule has 1 saturated heterocycles. The molecule has 1 atom stereocenters. The van der Waals surface area contributed by atoms with Crippen molar-refractivity contribution in [2.45, 2.75) is 45.8 Å². The SMILES string of the molecule is CCN(CC)Cc1ccccc1CNC(=O)[C@@H]1CCCN1. The second-order valence-corrected chi connectivity index (χ2v) is 5.60. The monoisotopic (exact) mass is 289 g/mol. The van der Waals surface area contributed by atoms with E-state index in [0.717, 1.165) is 39.0 Å². The third-order valence-corrected chi connectivity index (χ3v) is 4.24. The number of carbonyl (C=O) groups is 1. The number of nitrogens with zero attached hydrogens (tertiary/aromatic N) is 1. The van der Waals surface area contributed by atoms with Crippen LogP contribution in [0.4, 0.5) is 0 Å². The zero-order valence-electron chi connectivity index (χ0n) is 13.2. The van der Waals surface area contributed by atoms with Crippen LogP contribution in [0.2, 0.25) is 0 Å². The molecule has 4 heteroatoms. The van der Waals surface area contributed by atoms with Crippen molar-refractivity contribution in [2.24, 2.45) is 0 Å². The Morgan fingerprint density at radius 3 is 2.62 bits per heavy atom. The van der Waals surface area contributed by atoms with E-state index in [2.05, 4.69) is 47.6 Å². The summed E-state index contributed by atoms with van der Waals surface area (Å²) in [7, 11) is 0. The van der Waals surface area contributed by atoms with E-state index in [9.17, 15) is 4.79 Å². The maximum atomic E-state index is 12.1. The molecule has 21 heavy (non-hydrogen) atoms. The van der Waals surface area contributed by atoms with E-state index in [1.165, 1.54) is 11.1 Å². The van der Waals surface area contributed by atoms with Crippen molar-refractivity contribution in [1.29, 1.82) is 0 Å². The Hall–Kier alpha value is -1.39. The number of hydrogen-bond donors (Lipinski definition) is 2. The fourth-order valence-electron chi connectivity index (χ4n) is 2.79. The number of carbonyl (C=O) groups excluding carboxylic acids is 1. The molecule has 1 amide bonds. The summed E-state index contributed by atoms with van der Waals surface area (Å²) in [6.07, 6.45) is 2.05. The van der Waals surface area contributed by atoms with Gasteiger partial charge in [0, 0.05) is 13.1 Å². The summed E-state index contributed by atoms with van der Waals surface area (Å²) in [5.41, 5.74) is 2.52. The summed E-state index contributed by atoms with van der Waals surface area (Å²) >= 11 is 0. The zero-order chi connectivity index (χ0) is 15.1. The van der Waals surface area contributed by atoms with Gasteiger partial charge in [0.25, 0.3) is 0 Å². The molecule has 4 nitrogen and oxygen atoms in total. The lowest BCUT2D eigenvalue weighted by atomic mass is 10.1. The number of amides is 1. The van der Waals surface area contributed by atoms with Crippen LogP contribution >= 0.6 is 0 Å². The molecule has 0 saturated carbocycles. The molecule has 0 spiro atoms. The smallest absolute Gasteiger partial charge is 0.237 e. The van der Waals surface area contributed by atoms with Gasteiger partial charge in [-0.15, -0.1) is 0 Å². The Morgan fingerprint density at radius 2 is 2.00 bits per heavy atom. The van der Waals surface area contributed by atoms with Crippen LogP contribution in [-0.2, 0) is 17.9 Å². The first-order valence-electron chi connectivity index (χ1n) is 8.04. The predicted octanol–water partition coefficient (Wildman–Crippen LogP) is 1.90. The van der Waals surface area contributed by atoms with Crippen LogP contribution in [0.5, 0.6) is 0 Å². The number of hydrogen-bond acceptors (Lipinski definition) is 3. The molecule has 0 unspecified atom stereocenters. The van der Waals surface area contributed by atoms with Crippen molar-refractivity contribution in [3.8, 4) is 0 Å². The molecule has 1 fully saturated rings. The van der Waals surface area contributed by atoms with E-state index < -0.39 is 0 Å². The van der Waals surface area contributed by atoms with Crippen molar-refractivity contribution in [2.75, 3.05) is 19.6 Å². The topological polar surface area (TPSA) is 44.4 Å². The minimum atomic E-state index is -0.0000515. The van der Waals surface area contributed by atoms with E-state index in [1.807, 2.05) is 6.07 Å². The lowest BCUT2D eigenvalue weighted by Crippen LogP contribution is -2.40. The third kappa shape index (κ3) is 4.55. The first kappa shape index (κ1) is 16.0. The van der Waals surface area contributed by atoms with E-state index in [1.54, 1.807) is 0 Å². The van der Waals surface area contributed by atoms with Crippen LogP contribution < -0.4 is 10.6 Å². The van der Waals surface area contributed by atoms with E-state index in [-0.39, 0.29) is 11.9 Å². The van der Waals surface area contributed by atoms with E-state index >= 15 is 0 Å². The molecule has 116 valence electrons. The number of benzene rings is 1. The zero-order valence-corrected chi connectivity index (χ0v) is 13.2. The van der Waals surface area contributed by atoms with Crippen molar-refractivity contribution in [3.05, 3.63) is 35.4 Å². The summed E-state index contributed by atoms with van der Waals surface area (Å²) < 4.78 is 0. The Bertz CT molecular complexity index is 451. The average Bonchev–Trinajstić information content (AvgIpc) is 3.05. The molecule has 2 rings (SSSR count). The van der Waals surface area contributed by atoms with Gasteiger partial charge in [0.05, 0.1) is 6.04 Å². The molecule has 0 aliphatic carbocycles. The minimum Gasteiger partial charge on any atom is -0.351 e. The third-order valence-electron chi connectivity index (χ3n) is 4.24. The maximum Gasteiger partial charge on any atom is 0.237 e. The first-order valence-corrected chi connectivity index (χ1v) is 8.04. The molecule has 1 aromatic rings. The lowest BCUT2D eigenvalue weighted by molar-refractivity contribution is -0.122. The van der Waals surface area contributed by atoms with Gasteiger partial charge in [-0.05, 0) is 43.6 Å². The van der Waals surface area contributed by atoms with Gasteiger partial charge in [0.2, 0.25) is 5.91 Å². The van der Waals surface area contributed by atoms with Crippen LogP contribution in [0.1, 0.15) is 37.8 Å². The van der Waals surface area contributed by atoms with Gasteiger partial charge in [0.15, 0.2) is 0 Å². The molecule has 1 heterocycles. The summed E-state index contributed by atoms with van der Waals surface area (Å²) in [4.78, 5) is 14.5. The fraction of sp³-hybridized carbons (Fsp3) is 0.588. The van der Waals surface area contributed by atoms with Crippen molar-refractivity contribution < 1.29 is 4.79 Å².